The van der Waals surface area contributed by atoms with Crippen molar-refractivity contribution in [2.45, 2.75) is 77.0 Å². The summed E-state index contributed by atoms with van der Waals surface area (Å²) >= 11 is 0. The predicted octanol–water partition coefficient (Wildman–Crippen LogP) is 2.98. The molecule has 130 valence electrons. The van der Waals surface area contributed by atoms with Gasteiger partial charge in [0.25, 0.3) is 0 Å². The van der Waals surface area contributed by atoms with Gasteiger partial charge in [0, 0.05) is 13.0 Å². The molecule has 1 rings (SSSR count). The summed E-state index contributed by atoms with van der Waals surface area (Å²) in [4.78, 5) is 11.7. The van der Waals surface area contributed by atoms with Gasteiger partial charge < -0.3 is 16.0 Å². The Hall–Kier alpha value is -0.610. The highest BCUT2D eigenvalue weighted by Gasteiger charge is 2.00. The Morgan fingerprint density at radius 1 is 0.500 bits per heavy atom. The summed E-state index contributed by atoms with van der Waals surface area (Å²) in [6, 6.07) is 0. The van der Waals surface area contributed by atoms with E-state index in [2.05, 4.69) is 16.0 Å². The molecule has 22 heavy (non-hydrogen) atoms. The predicted molar refractivity (Wildman–Crippen MR) is 94.2 cm³/mol. The Labute approximate surface area is 137 Å². The molecule has 0 radical (unpaired) electrons. The number of carbonyl (C=O) groups is 1. The van der Waals surface area contributed by atoms with Crippen LogP contribution in [0.2, 0.25) is 0 Å². The van der Waals surface area contributed by atoms with E-state index in [1.807, 2.05) is 0 Å². The lowest BCUT2D eigenvalue weighted by Crippen LogP contribution is -2.28. The molecule has 0 atom stereocenters. The van der Waals surface area contributed by atoms with E-state index in [-0.39, 0.29) is 5.91 Å². The summed E-state index contributed by atoms with van der Waals surface area (Å²) in [6.45, 7) is 5.17. The number of carbonyl (C=O) groups excluding carboxylic acids is 1. The first-order valence-corrected chi connectivity index (χ1v) is 9.58. The number of rotatable bonds is 0. The Morgan fingerprint density at radius 3 is 1.59 bits per heavy atom. The first kappa shape index (κ1) is 19.4. The average molecular weight is 312 g/mol. The highest BCUT2D eigenvalue weighted by Crippen LogP contribution is 2.10. The van der Waals surface area contributed by atoms with E-state index in [1.54, 1.807) is 0 Å². The second-order valence-corrected chi connectivity index (χ2v) is 6.49. The van der Waals surface area contributed by atoms with E-state index >= 15 is 0 Å². The molecular formula is C18H37N3O. The van der Waals surface area contributed by atoms with Gasteiger partial charge in [0.1, 0.15) is 0 Å². The third-order valence-electron chi connectivity index (χ3n) is 4.32. The molecule has 0 aromatic heterocycles. The standard InChI is InChI=1S/C18H37N3O/c22-18-12-8-6-4-2-1-3-5-7-9-13-19-14-10-15-20-16-11-17-21-18/h19-20H,1-17H2,(H,21,22). The van der Waals surface area contributed by atoms with Gasteiger partial charge in [0.2, 0.25) is 5.91 Å². The van der Waals surface area contributed by atoms with Crippen LogP contribution in [0.15, 0.2) is 0 Å². The Morgan fingerprint density at radius 2 is 0.955 bits per heavy atom. The van der Waals surface area contributed by atoms with Crippen molar-refractivity contribution in [2.75, 3.05) is 32.7 Å². The minimum atomic E-state index is 0.232. The quantitative estimate of drug-likeness (QED) is 0.644. The molecule has 1 fully saturated rings. The maximum Gasteiger partial charge on any atom is 0.219 e. The zero-order valence-electron chi connectivity index (χ0n) is 14.4. The first-order valence-electron chi connectivity index (χ1n) is 9.58. The van der Waals surface area contributed by atoms with Crippen LogP contribution in [0.25, 0.3) is 0 Å². The van der Waals surface area contributed by atoms with Gasteiger partial charge in [-0.2, -0.15) is 0 Å². The lowest BCUT2D eigenvalue weighted by atomic mass is 10.1. The fraction of sp³-hybridized carbons (Fsp3) is 0.944. The Kier molecular flexibility index (Phi) is 13.5. The molecule has 1 amide bonds. The number of hydrogen-bond acceptors (Lipinski definition) is 3. The van der Waals surface area contributed by atoms with E-state index in [9.17, 15) is 4.79 Å². The average Bonchev–Trinajstić information content (AvgIpc) is 2.52. The highest BCUT2D eigenvalue weighted by molar-refractivity contribution is 5.75. The lowest BCUT2D eigenvalue weighted by molar-refractivity contribution is -0.121. The van der Waals surface area contributed by atoms with Crippen molar-refractivity contribution in [2.24, 2.45) is 0 Å². The van der Waals surface area contributed by atoms with Gasteiger partial charge in [-0.25, -0.2) is 0 Å². The van der Waals surface area contributed by atoms with Crippen molar-refractivity contribution >= 4 is 5.91 Å². The SMILES string of the molecule is O=C1CCCCCCCCCCCNCCCNCCCN1. The smallest absolute Gasteiger partial charge is 0.219 e. The van der Waals surface area contributed by atoms with Gasteiger partial charge in [-0.3, -0.25) is 4.79 Å². The fourth-order valence-electron chi connectivity index (χ4n) is 2.89. The summed E-state index contributed by atoms with van der Waals surface area (Å²) in [7, 11) is 0. The van der Waals surface area contributed by atoms with Crippen LogP contribution in [0, 0.1) is 0 Å². The zero-order valence-corrected chi connectivity index (χ0v) is 14.4. The summed E-state index contributed by atoms with van der Waals surface area (Å²) in [5, 5.41) is 9.99. The minimum absolute atomic E-state index is 0.232. The molecule has 0 bridgehead atoms. The van der Waals surface area contributed by atoms with Crippen LogP contribution in [0.5, 0.6) is 0 Å². The van der Waals surface area contributed by atoms with Crippen molar-refractivity contribution in [1.29, 1.82) is 0 Å². The zero-order chi connectivity index (χ0) is 15.7. The van der Waals surface area contributed by atoms with Crippen LogP contribution in [0.1, 0.15) is 77.0 Å². The molecule has 1 aliphatic rings. The largest absolute Gasteiger partial charge is 0.356 e. The highest BCUT2D eigenvalue weighted by atomic mass is 16.1. The fourth-order valence-corrected chi connectivity index (χ4v) is 2.89. The van der Waals surface area contributed by atoms with Gasteiger partial charge in [-0.15, -0.1) is 0 Å². The van der Waals surface area contributed by atoms with E-state index in [1.165, 1.54) is 64.3 Å². The molecule has 4 nitrogen and oxygen atoms in total. The van der Waals surface area contributed by atoms with Crippen LogP contribution in [0.3, 0.4) is 0 Å². The van der Waals surface area contributed by atoms with Crippen LogP contribution in [-0.2, 0) is 4.79 Å². The molecule has 0 unspecified atom stereocenters. The molecule has 0 aliphatic carbocycles. The molecule has 1 heterocycles. The number of hydrogen-bond donors (Lipinski definition) is 3. The van der Waals surface area contributed by atoms with Gasteiger partial charge in [-0.1, -0.05) is 44.9 Å². The third-order valence-corrected chi connectivity index (χ3v) is 4.32. The molecule has 3 N–H and O–H groups in total. The Balaban J connectivity index is 2.09. The van der Waals surface area contributed by atoms with Crippen molar-refractivity contribution in [1.82, 2.24) is 16.0 Å². The third kappa shape index (κ3) is 13.1. The van der Waals surface area contributed by atoms with Gasteiger partial charge in [0.15, 0.2) is 0 Å². The Bertz CT molecular complexity index is 235. The lowest BCUT2D eigenvalue weighted by Gasteiger charge is -2.07. The van der Waals surface area contributed by atoms with Gasteiger partial charge in [0.05, 0.1) is 0 Å². The molecule has 1 saturated heterocycles. The molecule has 4 heteroatoms. The van der Waals surface area contributed by atoms with E-state index in [0.29, 0.717) is 6.42 Å². The second-order valence-electron chi connectivity index (χ2n) is 6.49. The number of amides is 1. The van der Waals surface area contributed by atoms with Crippen LogP contribution >= 0.6 is 0 Å². The van der Waals surface area contributed by atoms with Crippen LogP contribution < -0.4 is 16.0 Å². The van der Waals surface area contributed by atoms with Crippen LogP contribution in [-0.4, -0.2) is 38.6 Å². The van der Waals surface area contributed by atoms with Crippen molar-refractivity contribution in [3.63, 3.8) is 0 Å². The number of nitrogens with one attached hydrogen (secondary N) is 3. The topological polar surface area (TPSA) is 53.2 Å². The first-order chi connectivity index (χ1) is 10.9. The van der Waals surface area contributed by atoms with Crippen molar-refractivity contribution < 1.29 is 4.79 Å². The van der Waals surface area contributed by atoms with E-state index in [4.69, 9.17) is 0 Å². The normalized spacial score (nSPS) is 23.2. The van der Waals surface area contributed by atoms with Crippen LogP contribution in [0.4, 0.5) is 0 Å². The maximum atomic E-state index is 11.7. The monoisotopic (exact) mass is 311 g/mol. The van der Waals surface area contributed by atoms with Crippen molar-refractivity contribution in [3.8, 4) is 0 Å². The molecule has 0 aromatic rings. The second kappa shape index (κ2) is 15.3. The minimum Gasteiger partial charge on any atom is -0.356 e. The summed E-state index contributed by atoms with van der Waals surface area (Å²) < 4.78 is 0. The molecule has 0 aromatic carbocycles. The van der Waals surface area contributed by atoms with E-state index in [0.717, 1.165) is 39.0 Å². The van der Waals surface area contributed by atoms with E-state index < -0.39 is 0 Å². The van der Waals surface area contributed by atoms with Gasteiger partial charge >= 0.3 is 0 Å². The molecule has 0 spiro atoms. The molecule has 1 aliphatic heterocycles. The molecular weight excluding hydrogens is 274 g/mol. The van der Waals surface area contributed by atoms with Gasteiger partial charge in [-0.05, 0) is 51.9 Å². The maximum absolute atomic E-state index is 11.7. The summed E-state index contributed by atoms with van der Waals surface area (Å²) in [5.41, 5.74) is 0. The summed E-state index contributed by atoms with van der Waals surface area (Å²) in [6.07, 6.45) is 14.6. The summed E-state index contributed by atoms with van der Waals surface area (Å²) in [5.74, 6) is 0.232. The van der Waals surface area contributed by atoms with Crippen molar-refractivity contribution in [3.05, 3.63) is 0 Å². The molecule has 0 saturated carbocycles.